The molecule has 23 heavy (non-hydrogen) atoms. The van der Waals surface area contributed by atoms with E-state index in [1.807, 2.05) is 0 Å². The molecule has 8 nitrogen and oxygen atoms in total. The van der Waals surface area contributed by atoms with Gasteiger partial charge in [-0.15, -0.1) is 0 Å². The number of benzene rings is 1. The SMILES string of the molecule is CC(C)(C)OC(=O)N1C[C@@H](N=[N+]=[N-])c2ccccc2[C@@H]1C(=O)O. The molecule has 0 saturated heterocycles. The first-order valence-electron chi connectivity index (χ1n) is 7.10. The van der Waals surface area contributed by atoms with Crippen molar-refractivity contribution in [2.45, 2.75) is 38.5 Å². The number of ether oxygens (including phenoxy) is 1. The lowest BCUT2D eigenvalue weighted by Crippen LogP contribution is -2.46. The number of nitrogens with zero attached hydrogens (tertiary/aromatic N) is 4. The first-order chi connectivity index (χ1) is 10.7. The smallest absolute Gasteiger partial charge is 0.411 e. The molecule has 0 saturated carbocycles. The monoisotopic (exact) mass is 318 g/mol. The minimum atomic E-state index is -1.17. The largest absolute Gasteiger partial charge is 0.479 e. The quantitative estimate of drug-likeness (QED) is 0.511. The standard InChI is InChI=1S/C15H18N4O4/c1-15(2,3)23-14(22)19-8-11(17-18-16)9-6-4-5-7-10(9)12(19)13(20)21/h4-7,11-12H,8H2,1-3H3,(H,20,21)/t11-,12-/m1/s1. The number of hydrogen-bond donors (Lipinski definition) is 1. The van der Waals surface area contributed by atoms with Gasteiger partial charge in [0.05, 0.1) is 6.04 Å². The molecule has 0 aromatic heterocycles. The normalized spacial score (nSPS) is 20.2. The van der Waals surface area contributed by atoms with Gasteiger partial charge in [-0.3, -0.25) is 4.90 Å². The number of rotatable bonds is 2. The van der Waals surface area contributed by atoms with Crippen molar-refractivity contribution in [2.24, 2.45) is 5.11 Å². The fourth-order valence-corrected chi connectivity index (χ4v) is 2.55. The second kappa shape index (κ2) is 6.18. The average Bonchev–Trinajstić information content (AvgIpc) is 2.45. The van der Waals surface area contributed by atoms with Crippen LogP contribution in [0.1, 0.15) is 44.0 Å². The summed E-state index contributed by atoms with van der Waals surface area (Å²) in [7, 11) is 0. The maximum absolute atomic E-state index is 12.4. The third kappa shape index (κ3) is 3.54. The molecule has 8 heteroatoms. The van der Waals surface area contributed by atoms with Crippen molar-refractivity contribution in [1.29, 1.82) is 0 Å². The van der Waals surface area contributed by atoms with Crippen LogP contribution in [0.4, 0.5) is 4.79 Å². The first kappa shape index (κ1) is 16.6. The number of carboxylic acid groups (broad SMARTS) is 1. The van der Waals surface area contributed by atoms with Gasteiger partial charge in [0.2, 0.25) is 0 Å². The van der Waals surface area contributed by atoms with E-state index in [9.17, 15) is 14.7 Å². The highest BCUT2D eigenvalue weighted by Crippen LogP contribution is 2.37. The number of carbonyl (C=O) groups excluding carboxylic acids is 1. The number of carboxylic acids is 1. The zero-order chi connectivity index (χ0) is 17.2. The third-order valence-corrected chi connectivity index (χ3v) is 3.38. The van der Waals surface area contributed by atoms with Crippen molar-refractivity contribution in [1.82, 2.24) is 4.90 Å². The van der Waals surface area contributed by atoms with Gasteiger partial charge in [0, 0.05) is 11.5 Å². The van der Waals surface area contributed by atoms with Gasteiger partial charge in [-0.25, -0.2) is 9.59 Å². The summed E-state index contributed by atoms with van der Waals surface area (Å²) in [6, 6.07) is 4.91. The molecule has 2 rings (SSSR count). The molecule has 122 valence electrons. The van der Waals surface area contributed by atoms with E-state index in [4.69, 9.17) is 10.3 Å². The molecule has 1 aromatic carbocycles. The molecule has 0 unspecified atom stereocenters. The van der Waals surface area contributed by atoms with Gasteiger partial charge in [0.25, 0.3) is 0 Å². The molecule has 1 amide bonds. The Morgan fingerprint density at radius 1 is 1.35 bits per heavy atom. The van der Waals surface area contributed by atoms with Crippen LogP contribution in [0, 0.1) is 0 Å². The van der Waals surface area contributed by atoms with Crippen LogP contribution in [-0.4, -0.2) is 34.2 Å². The molecule has 2 atom stereocenters. The Bertz CT molecular complexity index is 676. The Hall–Kier alpha value is -2.73. The van der Waals surface area contributed by atoms with Crippen LogP contribution in [0.3, 0.4) is 0 Å². The van der Waals surface area contributed by atoms with Crippen LogP contribution in [0.5, 0.6) is 0 Å². The number of aliphatic carboxylic acids is 1. The summed E-state index contributed by atoms with van der Waals surface area (Å²) < 4.78 is 5.29. The van der Waals surface area contributed by atoms with Gasteiger partial charge in [-0.05, 0) is 37.4 Å². The molecule has 1 aromatic rings. The van der Waals surface area contributed by atoms with Crippen molar-refractivity contribution >= 4 is 12.1 Å². The number of carbonyl (C=O) groups is 2. The minimum Gasteiger partial charge on any atom is -0.479 e. The van der Waals surface area contributed by atoms with Crippen molar-refractivity contribution in [2.75, 3.05) is 6.54 Å². The molecule has 1 aliphatic heterocycles. The Balaban J connectivity index is 2.49. The number of azide groups is 1. The van der Waals surface area contributed by atoms with E-state index in [2.05, 4.69) is 10.0 Å². The Labute approximate surface area is 133 Å². The van der Waals surface area contributed by atoms with Gasteiger partial charge in [-0.2, -0.15) is 0 Å². The molecule has 1 heterocycles. The van der Waals surface area contributed by atoms with E-state index in [1.54, 1.807) is 45.0 Å². The molecule has 0 aliphatic carbocycles. The van der Waals surface area contributed by atoms with Crippen molar-refractivity contribution in [3.05, 3.63) is 45.8 Å². The summed E-state index contributed by atoms with van der Waals surface area (Å²) in [4.78, 5) is 28.0. The maximum Gasteiger partial charge on any atom is 0.411 e. The van der Waals surface area contributed by atoms with Crippen LogP contribution >= 0.6 is 0 Å². The molecule has 1 aliphatic rings. The highest BCUT2D eigenvalue weighted by molar-refractivity contribution is 5.83. The highest BCUT2D eigenvalue weighted by atomic mass is 16.6. The summed E-state index contributed by atoms with van der Waals surface area (Å²) in [5.74, 6) is -1.16. The van der Waals surface area contributed by atoms with Crippen LogP contribution in [0.25, 0.3) is 10.4 Å². The molecular formula is C15H18N4O4. The van der Waals surface area contributed by atoms with E-state index < -0.39 is 29.7 Å². The highest BCUT2D eigenvalue weighted by Gasteiger charge is 2.41. The van der Waals surface area contributed by atoms with Crippen LogP contribution in [-0.2, 0) is 9.53 Å². The van der Waals surface area contributed by atoms with Gasteiger partial charge >= 0.3 is 12.1 Å². The van der Waals surface area contributed by atoms with Crippen molar-refractivity contribution in [3.63, 3.8) is 0 Å². The Kier molecular flexibility index (Phi) is 4.47. The summed E-state index contributed by atoms with van der Waals surface area (Å²) in [6.07, 6.45) is -0.752. The second-order valence-corrected chi connectivity index (χ2v) is 6.22. The lowest BCUT2D eigenvalue weighted by Gasteiger charge is -2.38. The number of fused-ring (bicyclic) bond motifs is 1. The van der Waals surface area contributed by atoms with E-state index in [0.29, 0.717) is 11.1 Å². The zero-order valence-corrected chi connectivity index (χ0v) is 13.1. The number of hydrogen-bond acceptors (Lipinski definition) is 4. The maximum atomic E-state index is 12.4. The van der Waals surface area contributed by atoms with Gasteiger partial charge < -0.3 is 9.84 Å². The lowest BCUT2D eigenvalue weighted by molar-refractivity contribution is -0.144. The first-order valence-corrected chi connectivity index (χ1v) is 7.10. The molecule has 0 radical (unpaired) electrons. The van der Waals surface area contributed by atoms with Crippen LogP contribution in [0.15, 0.2) is 29.4 Å². The summed E-state index contributed by atoms with van der Waals surface area (Å²) in [6.45, 7) is 5.05. The Morgan fingerprint density at radius 3 is 2.48 bits per heavy atom. The topological polar surface area (TPSA) is 116 Å². The van der Waals surface area contributed by atoms with E-state index in [0.717, 1.165) is 4.90 Å². The Morgan fingerprint density at radius 2 is 1.96 bits per heavy atom. The molecule has 0 fully saturated rings. The number of amides is 1. The molecule has 0 spiro atoms. The van der Waals surface area contributed by atoms with Crippen molar-refractivity contribution < 1.29 is 19.4 Å². The second-order valence-electron chi connectivity index (χ2n) is 6.22. The van der Waals surface area contributed by atoms with Crippen LogP contribution in [0.2, 0.25) is 0 Å². The zero-order valence-electron chi connectivity index (χ0n) is 13.1. The van der Waals surface area contributed by atoms with E-state index in [1.165, 1.54) is 0 Å². The van der Waals surface area contributed by atoms with Gasteiger partial charge in [0.15, 0.2) is 6.04 Å². The van der Waals surface area contributed by atoms with E-state index >= 15 is 0 Å². The summed E-state index contributed by atoms with van der Waals surface area (Å²) in [5, 5.41) is 13.3. The molecule has 1 N–H and O–H groups in total. The fourth-order valence-electron chi connectivity index (χ4n) is 2.55. The fraction of sp³-hybridized carbons (Fsp3) is 0.467. The third-order valence-electron chi connectivity index (χ3n) is 3.38. The molecule has 0 bridgehead atoms. The summed E-state index contributed by atoms with van der Waals surface area (Å²) >= 11 is 0. The van der Waals surface area contributed by atoms with Gasteiger partial charge in [0.1, 0.15) is 5.60 Å². The van der Waals surface area contributed by atoms with Gasteiger partial charge in [-0.1, -0.05) is 29.4 Å². The minimum absolute atomic E-state index is 0.0487. The van der Waals surface area contributed by atoms with E-state index in [-0.39, 0.29) is 6.54 Å². The summed E-state index contributed by atoms with van der Waals surface area (Å²) in [5.41, 5.74) is 9.01. The average molecular weight is 318 g/mol. The lowest BCUT2D eigenvalue weighted by atomic mass is 9.90. The van der Waals surface area contributed by atoms with Crippen LogP contribution < -0.4 is 0 Å². The van der Waals surface area contributed by atoms with Crippen molar-refractivity contribution in [3.8, 4) is 0 Å². The predicted molar refractivity (Wildman–Crippen MR) is 81.6 cm³/mol. The predicted octanol–water partition coefficient (Wildman–Crippen LogP) is 3.41. The molecular weight excluding hydrogens is 300 g/mol.